The van der Waals surface area contributed by atoms with Crippen LogP contribution in [0.25, 0.3) is 10.9 Å². The average molecular weight is 259 g/mol. The molecule has 4 heteroatoms. The van der Waals surface area contributed by atoms with Gasteiger partial charge in [-0.05, 0) is 30.2 Å². The molecule has 1 aliphatic rings. The van der Waals surface area contributed by atoms with Crippen LogP contribution in [-0.2, 0) is 6.54 Å². The van der Waals surface area contributed by atoms with Crippen molar-refractivity contribution < 1.29 is 4.74 Å². The molecule has 2 heterocycles. The smallest absolute Gasteiger partial charge is 0.143 e. The number of H-pyrrole nitrogens is 1. The van der Waals surface area contributed by atoms with Gasteiger partial charge >= 0.3 is 0 Å². The molecule has 0 aliphatic carbocycles. The predicted molar refractivity (Wildman–Crippen MR) is 77.7 cm³/mol. The van der Waals surface area contributed by atoms with Crippen molar-refractivity contribution in [3.8, 4) is 5.75 Å². The van der Waals surface area contributed by atoms with Gasteiger partial charge in [0.05, 0.1) is 12.6 Å². The third-order valence-corrected chi connectivity index (χ3v) is 3.81. The van der Waals surface area contributed by atoms with E-state index in [2.05, 4.69) is 40.5 Å². The predicted octanol–water partition coefficient (Wildman–Crippen LogP) is 1.89. The second kappa shape index (κ2) is 5.23. The highest BCUT2D eigenvalue weighted by Crippen LogP contribution is 2.29. The first-order valence-electron chi connectivity index (χ1n) is 6.85. The molecule has 1 aromatic heterocycles. The van der Waals surface area contributed by atoms with Crippen LogP contribution in [0.15, 0.2) is 18.3 Å². The summed E-state index contributed by atoms with van der Waals surface area (Å²) in [6.45, 7) is 7.54. The van der Waals surface area contributed by atoms with Gasteiger partial charge < -0.3 is 15.0 Å². The lowest BCUT2D eigenvalue weighted by Crippen LogP contribution is -2.42. The van der Waals surface area contributed by atoms with Crippen molar-refractivity contribution in [3.05, 3.63) is 29.5 Å². The lowest BCUT2D eigenvalue weighted by molar-refractivity contribution is 0.234. The van der Waals surface area contributed by atoms with Gasteiger partial charge in [-0.2, -0.15) is 0 Å². The number of hydrogen-bond donors (Lipinski definition) is 2. The third-order valence-electron chi connectivity index (χ3n) is 3.81. The number of nitrogens with one attached hydrogen (secondary N) is 2. The van der Waals surface area contributed by atoms with Crippen LogP contribution in [-0.4, -0.2) is 43.2 Å². The maximum Gasteiger partial charge on any atom is 0.143 e. The number of benzene rings is 1. The number of aromatic nitrogens is 1. The second-order valence-electron chi connectivity index (χ2n) is 5.23. The Morgan fingerprint density at radius 2 is 2.05 bits per heavy atom. The van der Waals surface area contributed by atoms with Gasteiger partial charge in [0.25, 0.3) is 0 Å². The molecular weight excluding hydrogens is 238 g/mol. The first-order chi connectivity index (χ1) is 9.28. The molecule has 4 nitrogen and oxygen atoms in total. The molecule has 0 amide bonds. The van der Waals surface area contributed by atoms with Gasteiger partial charge in [0.2, 0.25) is 0 Å². The summed E-state index contributed by atoms with van der Waals surface area (Å²) in [4.78, 5) is 5.85. The molecule has 102 valence electrons. The number of piperazine rings is 1. The Morgan fingerprint density at radius 1 is 1.26 bits per heavy atom. The van der Waals surface area contributed by atoms with Gasteiger partial charge in [-0.3, -0.25) is 4.90 Å². The first kappa shape index (κ1) is 12.5. The minimum atomic E-state index is 0.932. The molecule has 0 bridgehead atoms. The molecule has 1 aliphatic heterocycles. The van der Waals surface area contributed by atoms with Crippen LogP contribution < -0.4 is 10.1 Å². The van der Waals surface area contributed by atoms with Crippen LogP contribution in [0.5, 0.6) is 5.75 Å². The Kier molecular flexibility index (Phi) is 3.44. The van der Waals surface area contributed by atoms with Crippen molar-refractivity contribution in [2.75, 3.05) is 33.3 Å². The van der Waals surface area contributed by atoms with Gasteiger partial charge in [-0.15, -0.1) is 0 Å². The van der Waals surface area contributed by atoms with Crippen LogP contribution in [0.1, 0.15) is 11.1 Å². The molecule has 0 saturated carbocycles. The molecule has 2 N–H and O–H groups in total. The molecular formula is C15H21N3O. The van der Waals surface area contributed by atoms with E-state index in [0.717, 1.165) is 44.0 Å². The van der Waals surface area contributed by atoms with E-state index in [-0.39, 0.29) is 0 Å². The van der Waals surface area contributed by atoms with Crippen molar-refractivity contribution in [2.45, 2.75) is 13.5 Å². The summed E-state index contributed by atoms with van der Waals surface area (Å²) in [6.07, 6.45) is 2.12. The molecule has 2 aromatic rings. The second-order valence-corrected chi connectivity index (χ2v) is 5.23. The minimum absolute atomic E-state index is 0.932. The Balaban J connectivity index is 1.93. The number of fused-ring (bicyclic) bond motifs is 1. The molecule has 0 radical (unpaired) electrons. The summed E-state index contributed by atoms with van der Waals surface area (Å²) in [6, 6.07) is 4.32. The highest BCUT2D eigenvalue weighted by molar-refractivity contribution is 5.89. The maximum absolute atomic E-state index is 5.46. The summed E-state index contributed by atoms with van der Waals surface area (Å²) in [5, 5.41) is 4.68. The van der Waals surface area contributed by atoms with E-state index in [1.807, 2.05) is 0 Å². The lowest BCUT2D eigenvalue weighted by Gasteiger charge is -2.26. The molecule has 3 rings (SSSR count). The highest BCUT2D eigenvalue weighted by atomic mass is 16.5. The molecule has 0 atom stereocenters. The number of hydrogen-bond acceptors (Lipinski definition) is 3. The normalized spacial score (nSPS) is 16.9. The number of aryl methyl sites for hydroxylation is 1. The number of methoxy groups -OCH3 is 1. The van der Waals surface area contributed by atoms with Gasteiger partial charge in [-0.25, -0.2) is 0 Å². The van der Waals surface area contributed by atoms with Gasteiger partial charge in [-0.1, -0.05) is 0 Å². The molecule has 1 fully saturated rings. The van der Waals surface area contributed by atoms with Crippen molar-refractivity contribution >= 4 is 10.9 Å². The molecule has 1 saturated heterocycles. The summed E-state index contributed by atoms with van der Waals surface area (Å²) in [7, 11) is 1.73. The fraction of sp³-hybridized carbons (Fsp3) is 0.467. The topological polar surface area (TPSA) is 40.3 Å². The monoisotopic (exact) mass is 259 g/mol. The molecule has 0 unspecified atom stereocenters. The summed E-state index contributed by atoms with van der Waals surface area (Å²) < 4.78 is 5.46. The molecule has 1 aromatic carbocycles. The Hall–Kier alpha value is -1.52. The zero-order valence-electron chi connectivity index (χ0n) is 11.6. The van der Waals surface area contributed by atoms with Crippen LogP contribution in [0.2, 0.25) is 0 Å². The van der Waals surface area contributed by atoms with Crippen molar-refractivity contribution in [3.63, 3.8) is 0 Å². The maximum atomic E-state index is 5.46. The third kappa shape index (κ3) is 2.46. The van der Waals surface area contributed by atoms with E-state index in [1.165, 1.54) is 16.5 Å². The van der Waals surface area contributed by atoms with E-state index in [0.29, 0.717) is 0 Å². The number of nitrogens with zero attached hydrogens (tertiary/aromatic N) is 1. The zero-order valence-corrected chi connectivity index (χ0v) is 11.6. The standard InChI is InChI=1S/C15H21N3O/c1-11-7-13-12(10-18-5-3-16-4-6-18)9-17-15(13)14(8-11)19-2/h7-9,16-17H,3-6,10H2,1-2H3. The average Bonchev–Trinajstić information content (AvgIpc) is 2.82. The van der Waals surface area contributed by atoms with Gasteiger partial charge in [0, 0.05) is 44.3 Å². The van der Waals surface area contributed by atoms with E-state index >= 15 is 0 Å². The van der Waals surface area contributed by atoms with E-state index in [9.17, 15) is 0 Å². The van der Waals surface area contributed by atoms with Gasteiger partial charge in [0.1, 0.15) is 5.75 Å². The molecule has 0 spiro atoms. The SMILES string of the molecule is COc1cc(C)cc2c(CN3CCNCC3)c[nH]c12. The largest absolute Gasteiger partial charge is 0.495 e. The van der Waals surface area contributed by atoms with E-state index in [1.54, 1.807) is 7.11 Å². The van der Waals surface area contributed by atoms with E-state index in [4.69, 9.17) is 4.74 Å². The Labute approximate surface area is 113 Å². The van der Waals surface area contributed by atoms with Crippen LogP contribution in [0.4, 0.5) is 0 Å². The quantitative estimate of drug-likeness (QED) is 0.884. The number of rotatable bonds is 3. The number of aromatic amines is 1. The Morgan fingerprint density at radius 3 is 2.79 bits per heavy atom. The van der Waals surface area contributed by atoms with E-state index < -0.39 is 0 Å². The summed E-state index contributed by atoms with van der Waals surface area (Å²) in [5.74, 6) is 0.932. The summed E-state index contributed by atoms with van der Waals surface area (Å²) >= 11 is 0. The van der Waals surface area contributed by atoms with Crippen molar-refractivity contribution in [1.29, 1.82) is 0 Å². The number of ether oxygens (including phenoxy) is 1. The molecule has 19 heavy (non-hydrogen) atoms. The van der Waals surface area contributed by atoms with Crippen LogP contribution >= 0.6 is 0 Å². The van der Waals surface area contributed by atoms with Crippen molar-refractivity contribution in [2.24, 2.45) is 0 Å². The van der Waals surface area contributed by atoms with Gasteiger partial charge in [0.15, 0.2) is 0 Å². The fourth-order valence-corrected chi connectivity index (χ4v) is 2.79. The highest BCUT2D eigenvalue weighted by Gasteiger charge is 2.14. The zero-order chi connectivity index (χ0) is 13.2. The fourth-order valence-electron chi connectivity index (χ4n) is 2.79. The van der Waals surface area contributed by atoms with Crippen molar-refractivity contribution in [1.82, 2.24) is 15.2 Å². The minimum Gasteiger partial charge on any atom is -0.495 e. The lowest BCUT2D eigenvalue weighted by atomic mass is 10.1. The summed E-state index contributed by atoms with van der Waals surface area (Å²) in [5.41, 5.74) is 3.71. The Bertz CT molecular complexity index is 570. The first-order valence-corrected chi connectivity index (χ1v) is 6.85. The van der Waals surface area contributed by atoms with Crippen LogP contribution in [0.3, 0.4) is 0 Å². The van der Waals surface area contributed by atoms with Crippen LogP contribution in [0, 0.1) is 6.92 Å².